The van der Waals surface area contributed by atoms with Gasteiger partial charge >= 0.3 is 20.2 Å². The van der Waals surface area contributed by atoms with Gasteiger partial charge in [-0.3, -0.25) is 9.11 Å². The highest BCUT2D eigenvalue weighted by molar-refractivity contribution is 7.87. The van der Waals surface area contributed by atoms with Gasteiger partial charge in [0.05, 0.1) is 0 Å². The average molecular weight is 727 g/mol. The van der Waals surface area contributed by atoms with Gasteiger partial charge in [-0.2, -0.15) is 33.7 Å². The molecule has 0 bridgehead atoms. The summed E-state index contributed by atoms with van der Waals surface area (Å²) in [6, 6.07) is 27.4. The number of rotatable bonds is 9. The molecule has 16 heteroatoms. The van der Waals surface area contributed by atoms with Crippen LogP contribution in [0.5, 0.6) is 11.5 Å². The minimum Gasteiger partial charge on any atom is -0.379 e. The Hall–Kier alpha value is -4.84. The van der Waals surface area contributed by atoms with Crippen LogP contribution in [0.4, 0.5) is 0 Å². The molecule has 0 saturated carbocycles. The van der Waals surface area contributed by atoms with Crippen LogP contribution < -0.4 is 8.37 Å². The second-order valence-electron chi connectivity index (χ2n) is 10.4. The summed E-state index contributed by atoms with van der Waals surface area (Å²) in [5.74, 6) is -0.353. The van der Waals surface area contributed by atoms with Crippen molar-refractivity contribution < 1.29 is 51.1 Å². The van der Waals surface area contributed by atoms with Crippen LogP contribution in [0.2, 0.25) is 0 Å². The van der Waals surface area contributed by atoms with Gasteiger partial charge in [-0.05, 0) is 82.6 Å². The van der Waals surface area contributed by atoms with Crippen molar-refractivity contribution in [3.05, 3.63) is 121 Å². The summed E-state index contributed by atoms with van der Waals surface area (Å²) in [4.78, 5) is -1.23. The summed E-state index contributed by atoms with van der Waals surface area (Å²) in [7, 11) is -17.9. The molecule has 48 heavy (non-hydrogen) atoms. The maximum absolute atomic E-state index is 13.0. The minimum absolute atomic E-state index is 0.0717. The topological polar surface area (TPSA) is 195 Å². The first-order valence-corrected chi connectivity index (χ1v) is 19.3. The van der Waals surface area contributed by atoms with Crippen LogP contribution in [0.3, 0.4) is 0 Å². The molecule has 6 aromatic rings. The Bertz CT molecular complexity index is 2480. The first-order valence-electron chi connectivity index (χ1n) is 13.6. The highest BCUT2D eigenvalue weighted by Crippen LogP contribution is 2.31. The molecule has 246 valence electrons. The number of benzene rings is 6. The van der Waals surface area contributed by atoms with E-state index in [0.717, 1.165) is 0 Å². The summed E-state index contributed by atoms with van der Waals surface area (Å²) < 4.78 is 129. The molecule has 6 aromatic carbocycles. The summed E-state index contributed by atoms with van der Waals surface area (Å²) in [5.41, 5.74) is 1.07. The molecule has 0 aliphatic rings. The highest BCUT2D eigenvalue weighted by atomic mass is 32.2. The van der Waals surface area contributed by atoms with E-state index >= 15 is 0 Å². The first kappa shape index (κ1) is 33.1. The lowest BCUT2D eigenvalue weighted by molar-refractivity contribution is 0.481. The Morgan fingerprint density at radius 2 is 0.771 bits per heavy atom. The number of fused-ring (bicyclic) bond motifs is 2. The van der Waals surface area contributed by atoms with Crippen LogP contribution in [0.1, 0.15) is 0 Å². The van der Waals surface area contributed by atoms with Crippen molar-refractivity contribution in [2.45, 2.75) is 19.6 Å². The van der Waals surface area contributed by atoms with Crippen molar-refractivity contribution in [2.75, 3.05) is 0 Å². The SMILES string of the molecule is O=S(=O)(O)c1cccc2ccc(OS(=O)(=O)c3ccc(-c4ccc(S(=O)(=O)Oc5ccc6cccc(S(=O)(=O)O)c6c5)cc4)cc3)cc12. The lowest BCUT2D eigenvalue weighted by atomic mass is 10.1. The second-order valence-corrected chi connectivity index (χ2v) is 16.2. The van der Waals surface area contributed by atoms with Gasteiger partial charge in [-0.15, -0.1) is 0 Å². The van der Waals surface area contributed by atoms with Crippen LogP contribution in [-0.2, 0) is 40.5 Å². The molecule has 0 aromatic heterocycles. The van der Waals surface area contributed by atoms with E-state index in [0.29, 0.717) is 21.9 Å². The molecule has 0 saturated heterocycles. The summed E-state index contributed by atoms with van der Waals surface area (Å²) in [6.07, 6.45) is 0. The van der Waals surface area contributed by atoms with Gasteiger partial charge in [-0.25, -0.2) is 0 Å². The molecule has 0 aliphatic heterocycles. The van der Waals surface area contributed by atoms with E-state index in [4.69, 9.17) is 8.37 Å². The predicted octanol–water partition coefficient (Wildman–Crippen LogP) is 5.69. The Morgan fingerprint density at radius 3 is 1.10 bits per heavy atom. The first-order chi connectivity index (χ1) is 22.5. The van der Waals surface area contributed by atoms with Crippen molar-refractivity contribution in [2.24, 2.45) is 0 Å². The molecular formula is C32H22O12S4. The molecule has 0 amide bonds. The number of hydrogen-bond donors (Lipinski definition) is 2. The van der Waals surface area contributed by atoms with Gasteiger partial charge in [0, 0.05) is 10.8 Å². The Kier molecular flexibility index (Phi) is 8.27. The maximum Gasteiger partial charge on any atom is 0.339 e. The third kappa shape index (κ3) is 6.75. The number of hydrogen-bond acceptors (Lipinski definition) is 10. The van der Waals surface area contributed by atoms with Crippen molar-refractivity contribution in [1.82, 2.24) is 0 Å². The van der Waals surface area contributed by atoms with E-state index in [9.17, 15) is 42.8 Å². The normalized spacial score (nSPS) is 12.6. The van der Waals surface area contributed by atoms with E-state index in [1.807, 2.05) is 0 Å². The van der Waals surface area contributed by atoms with E-state index < -0.39 is 50.3 Å². The molecule has 0 spiro atoms. The van der Waals surface area contributed by atoms with Crippen molar-refractivity contribution in [3.8, 4) is 22.6 Å². The van der Waals surface area contributed by atoms with Crippen molar-refractivity contribution in [3.63, 3.8) is 0 Å². The van der Waals surface area contributed by atoms with E-state index in [1.165, 1.54) is 109 Å². The van der Waals surface area contributed by atoms with Gasteiger partial charge in [0.2, 0.25) is 0 Å². The van der Waals surface area contributed by atoms with Gasteiger partial charge < -0.3 is 8.37 Å². The molecule has 0 heterocycles. The molecule has 0 fully saturated rings. The molecular weight excluding hydrogens is 705 g/mol. The molecule has 0 atom stereocenters. The average Bonchev–Trinajstić information content (AvgIpc) is 3.03. The lowest BCUT2D eigenvalue weighted by Crippen LogP contribution is -2.10. The second kappa shape index (κ2) is 12.0. The summed E-state index contributed by atoms with van der Waals surface area (Å²) in [5, 5.41) is 1.02. The molecule has 0 unspecified atom stereocenters. The highest BCUT2D eigenvalue weighted by Gasteiger charge is 2.21. The molecule has 12 nitrogen and oxygen atoms in total. The minimum atomic E-state index is -4.58. The van der Waals surface area contributed by atoms with Crippen molar-refractivity contribution >= 4 is 62.0 Å². The van der Waals surface area contributed by atoms with Crippen molar-refractivity contribution in [1.29, 1.82) is 0 Å². The van der Waals surface area contributed by atoms with Gasteiger partial charge in [-0.1, -0.05) is 60.7 Å². The standard InChI is InChI=1S/C32H22O12S4/c33-45(34,35)31-5-1-3-23-7-13-25(19-29(23)31)43-47(39,40)27-15-9-21(10-16-27)22-11-17-28(18-12-22)48(41,42)44-26-14-8-24-4-2-6-32(30(24)20-26)46(36,37)38/h1-20H,(H,33,34,35)(H,36,37,38). The molecule has 0 aliphatic carbocycles. The lowest BCUT2D eigenvalue weighted by Gasteiger charge is -2.11. The van der Waals surface area contributed by atoms with E-state index in [-0.39, 0.29) is 32.1 Å². The van der Waals surface area contributed by atoms with Crippen LogP contribution in [0.15, 0.2) is 141 Å². The maximum atomic E-state index is 13.0. The monoisotopic (exact) mass is 726 g/mol. The summed E-state index contributed by atoms with van der Waals surface area (Å²) in [6.45, 7) is 0. The van der Waals surface area contributed by atoms with Crippen LogP contribution in [0, 0.1) is 0 Å². The third-order valence-electron chi connectivity index (χ3n) is 7.21. The van der Waals surface area contributed by atoms with Gasteiger partial charge in [0.25, 0.3) is 20.2 Å². The Morgan fingerprint density at radius 1 is 0.417 bits per heavy atom. The molecule has 2 N–H and O–H groups in total. The zero-order valence-corrected chi connectivity index (χ0v) is 27.4. The molecule has 0 radical (unpaired) electrons. The van der Waals surface area contributed by atoms with Gasteiger partial charge in [0.15, 0.2) is 0 Å². The van der Waals surface area contributed by atoms with E-state index in [1.54, 1.807) is 12.1 Å². The van der Waals surface area contributed by atoms with Gasteiger partial charge in [0.1, 0.15) is 31.1 Å². The fourth-order valence-electron chi connectivity index (χ4n) is 4.98. The van der Waals surface area contributed by atoms with Crippen LogP contribution >= 0.6 is 0 Å². The Labute approximate surface area is 275 Å². The largest absolute Gasteiger partial charge is 0.379 e. The van der Waals surface area contributed by atoms with Crippen LogP contribution in [-0.4, -0.2) is 42.8 Å². The Balaban J connectivity index is 1.20. The zero-order valence-electron chi connectivity index (χ0n) is 24.2. The smallest absolute Gasteiger partial charge is 0.339 e. The quantitative estimate of drug-likeness (QED) is 0.137. The van der Waals surface area contributed by atoms with E-state index in [2.05, 4.69) is 0 Å². The fraction of sp³-hybridized carbons (Fsp3) is 0. The zero-order chi connectivity index (χ0) is 34.5. The third-order valence-corrected chi connectivity index (χ3v) is 11.6. The fourth-order valence-corrected chi connectivity index (χ4v) is 8.23. The van der Waals surface area contributed by atoms with Crippen LogP contribution in [0.25, 0.3) is 32.7 Å². The molecule has 6 rings (SSSR count). The summed E-state index contributed by atoms with van der Waals surface area (Å²) >= 11 is 0. The predicted molar refractivity (Wildman–Crippen MR) is 175 cm³/mol.